The third-order valence-electron chi connectivity index (χ3n) is 6.49. The fourth-order valence-electron chi connectivity index (χ4n) is 4.64. The molecule has 0 spiro atoms. The number of hydrogen-bond acceptors (Lipinski definition) is 10. The van der Waals surface area contributed by atoms with Crippen LogP contribution < -0.4 is 15.5 Å². The molecule has 1 aliphatic heterocycles. The molecule has 2 atom stereocenters. The van der Waals surface area contributed by atoms with Gasteiger partial charge in [0.05, 0.1) is 36.5 Å². The van der Waals surface area contributed by atoms with E-state index in [0.29, 0.717) is 41.4 Å². The Labute approximate surface area is 263 Å². The van der Waals surface area contributed by atoms with Crippen LogP contribution in [-0.2, 0) is 19.8 Å². The van der Waals surface area contributed by atoms with E-state index >= 15 is 0 Å². The molecule has 3 heterocycles. The fourth-order valence-corrected chi connectivity index (χ4v) is 7.76. The number of nitrogens with one attached hydrogen (secondary N) is 3. The number of hydrogen-bond donors (Lipinski definition) is 3. The average Bonchev–Trinajstić information content (AvgIpc) is 3.36. The van der Waals surface area contributed by atoms with Crippen LogP contribution in [0.25, 0.3) is 0 Å². The summed E-state index contributed by atoms with van der Waals surface area (Å²) in [6, 6.07) is 14.8. The molecule has 238 valence electrons. The molecule has 1 fully saturated rings. The molecule has 0 saturated carbocycles. The van der Waals surface area contributed by atoms with E-state index in [9.17, 15) is 22.5 Å². The number of rotatable bonds is 11. The standard InChI is InChI=1S/C28H30F3N7O4P2S/c1-4-41-44(40,43)42-27(3)15-38(16-27)24-14-22(33-23-13-17(2)36-37-23)34-26(35-24)45-19-11-9-18(10-12-19)32-25(39)20-7-5-6-8-21(20)28(29,30)31/h5-14H,4,15-16,43H2,1-3H3,(H,32,39)(H2,33,34,35,36,37). The van der Waals surface area contributed by atoms with Gasteiger partial charge in [0.1, 0.15) is 23.1 Å². The first-order chi connectivity index (χ1) is 21.2. The number of carbonyl (C=O) groups excluding carboxylic acids is 1. The van der Waals surface area contributed by atoms with Gasteiger partial charge in [0.15, 0.2) is 5.16 Å². The Morgan fingerprint density at radius 3 is 2.51 bits per heavy atom. The number of aromatic amines is 1. The van der Waals surface area contributed by atoms with Crippen LogP contribution in [0.3, 0.4) is 0 Å². The van der Waals surface area contributed by atoms with Crippen LogP contribution in [0.4, 0.5) is 36.3 Å². The largest absolute Gasteiger partial charge is 0.417 e. The van der Waals surface area contributed by atoms with Crippen molar-refractivity contribution in [2.24, 2.45) is 0 Å². The van der Waals surface area contributed by atoms with Gasteiger partial charge in [-0.1, -0.05) is 12.1 Å². The van der Waals surface area contributed by atoms with E-state index in [-0.39, 0.29) is 6.61 Å². The van der Waals surface area contributed by atoms with Gasteiger partial charge in [0, 0.05) is 22.7 Å². The molecular formula is C28H30F3N7O4P2S. The number of aryl methyl sites for hydroxylation is 1. The van der Waals surface area contributed by atoms with Crippen LogP contribution >= 0.6 is 28.0 Å². The van der Waals surface area contributed by atoms with Gasteiger partial charge >= 0.3 is 13.5 Å². The molecule has 11 nitrogen and oxygen atoms in total. The molecule has 45 heavy (non-hydrogen) atoms. The molecule has 4 aromatic rings. The zero-order chi connectivity index (χ0) is 32.4. The van der Waals surface area contributed by atoms with E-state index in [0.717, 1.165) is 22.7 Å². The Morgan fingerprint density at radius 2 is 1.87 bits per heavy atom. The number of halogens is 3. The molecule has 2 aromatic carbocycles. The van der Waals surface area contributed by atoms with Gasteiger partial charge in [0.25, 0.3) is 5.91 Å². The Kier molecular flexibility index (Phi) is 9.57. The van der Waals surface area contributed by atoms with E-state index in [4.69, 9.17) is 14.0 Å². The van der Waals surface area contributed by atoms with E-state index < -0.39 is 36.1 Å². The summed E-state index contributed by atoms with van der Waals surface area (Å²) in [5.41, 5.74) is -1.06. The SMILES string of the molecule is CCOP(=O)(P)OC1(C)CN(c2cc(Nc3cc(C)n[nH]3)nc(Sc3ccc(NC(=O)c4ccccc4C(F)(F)F)cc3)n2)C1. The van der Waals surface area contributed by atoms with E-state index in [1.165, 1.54) is 23.9 Å². The van der Waals surface area contributed by atoms with Gasteiger partial charge in [-0.05, 0) is 77.9 Å². The van der Waals surface area contributed by atoms with Crippen molar-refractivity contribution in [3.8, 4) is 0 Å². The minimum atomic E-state index is -4.66. The predicted molar refractivity (Wildman–Crippen MR) is 169 cm³/mol. The molecule has 0 bridgehead atoms. The highest BCUT2D eigenvalue weighted by Gasteiger charge is 2.45. The summed E-state index contributed by atoms with van der Waals surface area (Å²) in [4.78, 5) is 24.7. The number of benzene rings is 2. The zero-order valence-corrected chi connectivity index (χ0v) is 27.2. The molecular weight excluding hydrogens is 649 g/mol. The Hall–Kier alpha value is -3.48. The van der Waals surface area contributed by atoms with Crippen molar-refractivity contribution in [3.63, 3.8) is 0 Å². The first kappa shape index (κ1) is 32.9. The first-order valence-electron chi connectivity index (χ1n) is 13.6. The molecule has 17 heteroatoms. The summed E-state index contributed by atoms with van der Waals surface area (Å²) in [6.07, 6.45) is -4.66. The van der Waals surface area contributed by atoms with Crippen molar-refractivity contribution in [1.29, 1.82) is 0 Å². The number of amides is 1. The lowest BCUT2D eigenvalue weighted by Gasteiger charge is -2.48. The summed E-state index contributed by atoms with van der Waals surface area (Å²) in [6.45, 7) is 6.53. The van der Waals surface area contributed by atoms with Crippen molar-refractivity contribution in [3.05, 3.63) is 77.5 Å². The number of nitrogens with zero attached hydrogens (tertiary/aromatic N) is 4. The Morgan fingerprint density at radius 1 is 1.16 bits per heavy atom. The van der Waals surface area contributed by atoms with Gasteiger partial charge in [0.2, 0.25) is 0 Å². The topological polar surface area (TPSA) is 134 Å². The third-order valence-corrected chi connectivity index (χ3v) is 9.44. The number of alkyl halides is 3. The number of anilines is 4. The van der Waals surface area contributed by atoms with Crippen molar-refractivity contribution >= 4 is 57.0 Å². The van der Waals surface area contributed by atoms with E-state index in [1.807, 2.05) is 24.8 Å². The second-order valence-corrected chi connectivity index (χ2v) is 14.9. The van der Waals surface area contributed by atoms with Crippen LogP contribution in [0.5, 0.6) is 0 Å². The van der Waals surface area contributed by atoms with Crippen LogP contribution in [0.15, 0.2) is 70.7 Å². The second kappa shape index (κ2) is 13.1. The average molecular weight is 680 g/mol. The quantitative estimate of drug-likeness (QED) is 0.110. The van der Waals surface area contributed by atoms with E-state index in [2.05, 4.69) is 34.7 Å². The molecule has 1 saturated heterocycles. The van der Waals surface area contributed by atoms with Gasteiger partial charge in [-0.25, -0.2) is 9.97 Å². The summed E-state index contributed by atoms with van der Waals surface area (Å²) in [5, 5.41) is 13.1. The fraction of sp³-hybridized carbons (Fsp3) is 0.286. The summed E-state index contributed by atoms with van der Waals surface area (Å²) in [5.74, 6) is 0.875. The van der Waals surface area contributed by atoms with Crippen molar-refractivity contribution in [2.75, 3.05) is 35.2 Å². The van der Waals surface area contributed by atoms with Crippen molar-refractivity contribution < 1.29 is 31.6 Å². The normalized spacial score (nSPS) is 15.7. The lowest BCUT2D eigenvalue weighted by molar-refractivity contribution is -0.137. The summed E-state index contributed by atoms with van der Waals surface area (Å²) >= 11 is 1.25. The lowest BCUT2D eigenvalue weighted by Crippen LogP contribution is -2.61. The van der Waals surface area contributed by atoms with Gasteiger partial charge in [-0.3, -0.25) is 19.0 Å². The van der Waals surface area contributed by atoms with Gasteiger partial charge < -0.3 is 20.1 Å². The maximum absolute atomic E-state index is 13.4. The molecule has 5 rings (SSSR count). The number of carbonyl (C=O) groups is 1. The van der Waals surface area contributed by atoms with E-state index in [1.54, 1.807) is 37.3 Å². The predicted octanol–water partition coefficient (Wildman–Crippen LogP) is 7.29. The molecule has 1 aliphatic rings. The highest BCUT2D eigenvalue weighted by Crippen LogP contribution is 2.60. The summed E-state index contributed by atoms with van der Waals surface area (Å²) in [7, 11) is -1.13. The van der Waals surface area contributed by atoms with Crippen LogP contribution in [-0.4, -0.2) is 51.4 Å². The highest BCUT2D eigenvalue weighted by molar-refractivity contribution is 8.12. The smallest absolute Gasteiger partial charge is 0.350 e. The van der Waals surface area contributed by atoms with Crippen molar-refractivity contribution in [1.82, 2.24) is 20.2 Å². The molecule has 2 unspecified atom stereocenters. The Balaban J connectivity index is 1.32. The zero-order valence-electron chi connectivity index (χ0n) is 24.4. The summed E-state index contributed by atoms with van der Waals surface area (Å²) < 4.78 is 63.7. The molecule has 0 radical (unpaired) electrons. The minimum absolute atomic E-state index is 0.258. The maximum Gasteiger partial charge on any atom is 0.417 e. The van der Waals surface area contributed by atoms with Gasteiger partial charge in [-0.15, -0.1) is 0 Å². The minimum Gasteiger partial charge on any atom is -0.350 e. The molecule has 0 aliphatic carbocycles. The van der Waals surface area contributed by atoms with Crippen molar-refractivity contribution in [2.45, 2.75) is 42.6 Å². The molecule has 3 N–H and O–H groups in total. The number of H-pyrrole nitrogens is 1. The highest BCUT2D eigenvalue weighted by atomic mass is 32.2. The lowest BCUT2D eigenvalue weighted by atomic mass is 9.97. The first-order valence-corrected chi connectivity index (χ1v) is 17.6. The second-order valence-electron chi connectivity index (χ2n) is 10.4. The third kappa shape index (κ3) is 8.42. The van der Waals surface area contributed by atoms with Crippen LogP contribution in [0.2, 0.25) is 0 Å². The molecule has 1 amide bonds. The van der Waals surface area contributed by atoms with Crippen LogP contribution in [0.1, 0.15) is 35.5 Å². The molecule has 2 aromatic heterocycles. The Bertz CT molecular complexity index is 1730. The monoisotopic (exact) mass is 679 g/mol. The maximum atomic E-state index is 13.4. The number of aromatic nitrogens is 4. The van der Waals surface area contributed by atoms with Crippen LogP contribution in [0, 0.1) is 6.92 Å². The van der Waals surface area contributed by atoms with Gasteiger partial charge in [-0.2, -0.15) is 18.3 Å².